The number of hydrogen-bond acceptors (Lipinski definition) is 6. The predicted molar refractivity (Wildman–Crippen MR) is 99.3 cm³/mol. The number of anilines is 1. The summed E-state index contributed by atoms with van der Waals surface area (Å²) in [5.41, 5.74) is 0.362. The molecule has 1 aliphatic rings. The van der Waals surface area contributed by atoms with Crippen molar-refractivity contribution in [2.45, 2.75) is 4.90 Å². The number of benzene rings is 1. The van der Waals surface area contributed by atoms with Crippen molar-refractivity contribution < 1.29 is 17.9 Å². The van der Waals surface area contributed by atoms with Gasteiger partial charge < -0.3 is 9.47 Å². The van der Waals surface area contributed by atoms with Crippen molar-refractivity contribution in [1.29, 1.82) is 0 Å². The minimum absolute atomic E-state index is 0.132. The first-order valence-electron chi connectivity index (χ1n) is 8.20. The highest BCUT2D eigenvalue weighted by atomic mass is 35.5. The van der Waals surface area contributed by atoms with Gasteiger partial charge in [0.05, 0.1) is 30.0 Å². The summed E-state index contributed by atoms with van der Waals surface area (Å²) in [4.78, 5) is 6.53. The molecule has 0 atom stereocenters. The van der Waals surface area contributed by atoms with E-state index in [0.29, 0.717) is 23.2 Å². The number of sulfonamides is 1. The molecule has 0 aliphatic carbocycles. The molecule has 0 unspecified atom stereocenters. The normalized spacial score (nSPS) is 15.6. The Hall–Kier alpha value is -1.87. The lowest BCUT2D eigenvalue weighted by Crippen LogP contribution is -2.38. The van der Waals surface area contributed by atoms with Gasteiger partial charge in [0.15, 0.2) is 0 Å². The number of pyridine rings is 1. The SMILES string of the molecule is O=S(=O)(Nc1ccc(OCCN2CCOCC2)nc1)c1ccc(Cl)cc1. The summed E-state index contributed by atoms with van der Waals surface area (Å²) in [5, 5.41) is 0.476. The average molecular weight is 398 g/mol. The lowest BCUT2D eigenvalue weighted by Gasteiger charge is -2.26. The predicted octanol–water partition coefficient (Wildman–Crippen LogP) is 2.25. The van der Waals surface area contributed by atoms with Gasteiger partial charge in [0, 0.05) is 30.7 Å². The fraction of sp³-hybridized carbons (Fsp3) is 0.353. The Balaban J connectivity index is 1.53. The van der Waals surface area contributed by atoms with Gasteiger partial charge in [-0.25, -0.2) is 13.4 Å². The van der Waals surface area contributed by atoms with E-state index in [1.54, 1.807) is 12.1 Å². The molecule has 0 amide bonds. The van der Waals surface area contributed by atoms with Crippen LogP contribution in [0, 0.1) is 0 Å². The second-order valence-electron chi connectivity index (χ2n) is 5.75. The second kappa shape index (κ2) is 8.68. The maximum absolute atomic E-state index is 12.3. The highest BCUT2D eigenvalue weighted by Gasteiger charge is 2.14. The van der Waals surface area contributed by atoms with E-state index in [1.165, 1.54) is 30.5 Å². The molecule has 1 fully saturated rings. The van der Waals surface area contributed by atoms with E-state index in [1.807, 2.05) is 0 Å². The number of aromatic nitrogens is 1. The quantitative estimate of drug-likeness (QED) is 0.771. The Morgan fingerprint density at radius 3 is 2.54 bits per heavy atom. The molecule has 1 N–H and O–H groups in total. The summed E-state index contributed by atoms with van der Waals surface area (Å²) in [5.74, 6) is 0.452. The molecule has 0 saturated carbocycles. The average Bonchev–Trinajstić information content (AvgIpc) is 2.64. The molecular weight excluding hydrogens is 378 g/mol. The number of nitrogens with one attached hydrogen (secondary N) is 1. The largest absolute Gasteiger partial charge is 0.476 e. The maximum atomic E-state index is 12.3. The van der Waals surface area contributed by atoms with E-state index in [2.05, 4.69) is 14.6 Å². The molecule has 1 aromatic carbocycles. The lowest BCUT2D eigenvalue weighted by atomic mass is 10.4. The molecule has 1 aliphatic heterocycles. The van der Waals surface area contributed by atoms with Gasteiger partial charge in [-0.1, -0.05) is 11.6 Å². The van der Waals surface area contributed by atoms with Crippen molar-refractivity contribution in [3.8, 4) is 5.88 Å². The number of ether oxygens (including phenoxy) is 2. The van der Waals surface area contributed by atoms with Crippen LogP contribution in [0.2, 0.25) is 5.02 Å². The molecule has 2 aromatic rings. The molecule has 0 spiro atoms. The summed E-state index contributed by atoms with van der Waals surface area (Å²) in [7, 11) is -3.68. The molecular formula is C17H20ClN3O4S. The van der Waals surface area contributed by atoms with Gasteiger partial charge in [-0.15, -0.1) is 0 Å². The van der Waals surface area contributed by atoms with Crippen LogP contribution in [0.3, 0.4) is 0 Å². The van der Waals surface area contributed by atoms with Gasteiger partial charge in [-0.05, 0) is 30.3 Å². The Labute approximate surface area is 157 Å². The van der Waals surface area contributed by atoms with Crippen LogP contribution in [0.25, 0.3) is 0 Å². The van der Waals surface area contributed by atoms with Crippen LogP contribution in [-0.2, 0) is 14.8 Å². The van der Waals surface area contributed by atoms with Crippen LogP contribution in [0.15, 0.2) is 47.5 Å². The topological polar surface area (TPSA) is 80.8 Å². The summed E-state index contributed by atoms with van der Waals surface area (Å²) < 4.78 is 38.0. The van der Waals surface area contributed by atoms with E-state index in [0.717, 1.165) is 32.8 Å². The standard InChI is InChI=1S/C17H20ClN3O4S/c18-14-1-4-16(5-2-14)26(22,23)20-15-3-6-17(19-13-15)25-12-9-21-7-10-24-11-8-21/h1-6,13,20H,7-12H2. The van der Waals surface area contributed by atoms with E-state index >= 15 is 0 Å². The minimum Gasteiger partial charge on any atom is -0.476 e. The van der Waals surface area contributed by atoms with Crippen molar-refractivity contribution in [1.82, 2.24) is 9.88 Å². The highest BCUT2D eigenvalue weighted by Crippen LogP contribution is 2.19. The van der Waals surface area contributed by atoms with Crippen molar-refractivity contribution in [2.24, 2.45) is 0 Å². The summed E-state index contributed by atoms with van der Waals surface area (Å²) in [6.45, 7) is 4.63. The zero-order chi connectivity index (χ0) is 18.4. The third-order valence-electron chi connectivity index (χ3n) is 3.87. The molecule has 2 heterocycles. The first-order valence-corrected chi connectivity index (χ1v) is 10.1. The van der Waals surface area contributed by atoms with Gasteiger partial charge >= 0.3 is 0 Å². The molecule has 3 rings (SSSR count). The maximum Gasteiger partial charge on any atom is 0.261 e. The fourth-order valence-electron chi connectivity index (χ4n) is 2.46. The van der Waals surface area contributed by atoms with Gasteiger partial charge in [0.25, 0.3) is 10.0 Å². The van der Waals surface area contributed by atoms with Crippen LogP contribution in [0.5, 0.6) is 5.88 Å². The molecule has 1 aromatic heterocycles. The zero-order valence-corrected chi connectivity index (χ0v) is 15.7. The van der Waals surface area contributed by atoms with Crippen LogP contribution in [0.1, 0.15) is 0 Å². The minimum atomic E-state index is -3.68. The first kappa shape index (κ1) is 18.9. The highest BCUT2D eigenvalue weighted by molar-refractivity contribution is 7.92. The molecule has 0 bridgehead atoms. The van der Waals surface area contributed by atoms with Gasteiger partial charge in [0.2, 0.25) is 5.88 Å². The molecule has 1 saturated heterocycles. The van der Waals surface area contributed by atoms with E-state index in [-0.39, 0.29) is 4.90 Å². The molecule has 9 heteroatoms. The Morgan fingerprint density at radius 2 is 1.88 bits per heavy atom. The summed E-state index contributed by atoms with van der Waals surface area (Å²) in [6.07, 6.45) is 1.43. The van der Waals surface area contributed by atoms with Crippen molar-refractivity contribution >= 4 is 27.3 Å². The van der Waals surface area contributed by atoms with Crippen molar-refractivity contribution in [3.05, 3.63) is 47.6 Å². The van der Waals surface area contributed by atoms with E-state index in [4.69, 9.17) is 21.1 Å². The summed E-state index contributed by atoms with van der Waals surface area (Å²) in [6, 6.07) is 9.20. The first-order chi connectivity index (χ1) is 12.5. The smallest absolute Gasteiger partial charge is 0.261 e. The van der Waals surface area contributed by atoms with Crippen LogP contribution >= 0.6 is 11.6 Å². The van der Waals surface area contributed by atoms with Crippen LogP contribution in [0.4, 0.5) is 5.69 Å². The third kappa shape index (κ3) is 5.31. The molecule has 0 radical (unpaired) electrons. The number of morpholine rings is 1. The number of rotatable bonds is 7. The number of nitrogens with zero attached hydrogens (tertiary/aromatic N) is 2. The summed E-state index contributed by atoms with van der Waals surface area (Å²) >= 11 is 5.78. The van der Waals surface area contributed by atoms with Gasteiger partial charge in [-0.3, -0.25) is 9.62 Å². The monoisotopic (exact) mass is 397 g/mol. The third-order valence-corrected chi connectivity index (χ3v) is 5.52. The zero-order valence-electron chi connectivity index (χ0n) is 14.1. The molecule has 26 heavy (non-hydrogen) atoms. The Bertz CT molecular complexity index is 807. The molecule has 7 nitrogen and oxygen atoms in total. The lowest BCUT2D eigenvalue weighted by molar-refractivity contribution is 0.0320. The van der Waals surface area contributed by atoms with Crippen LogP contribution in [-0.4, -0.2) is 57.8 Å². The van der Waals surface area contributed by atoms with Gasteiger partial charge in [0.1, 0.15) is 6.61 Å². The number of halogens is 1. The van der Waals surface area contributed by atoms with E-state index < -0.39 is 10.0 Å². The van der Waals surface area contributed by atoms with Gasteiger partial charge in [-0.2, -0.15) is 0 Å². The molecule has 140 valence electrons. The second-order valence-corrected chi connectivity index (χ2v) is 7.87. The Morgan fingerprint density at radius 1 is 1.15 bits per heavy atom. The Kier molecular flexibility index (Phi) is 6.31. The van der Waals surface area contributed by atoms with Crippen LogP contribution < -0.4 is 9.46 Å². The van der Waals surface area contributed by atoms with E-state index in [9.17, 15) is 8.42 Å². The van der Waals surface area contributed by atoms with Crippen molar-refractivity contribution in [2.75, 3.05) is 44.2 Å². The van der Waals surface area contributed by atoms with Crippen molar-refractivity contribution in [3.63, 3.8) is 0 Å². The number of hydrogen-bond donors (Lipinski definition) is 1. The fourth-order valence-corrected chi connectivity index (χ4v) is 3.63.